The van der Waals surface area contributed by atoms with Gasteiger partial charge in [-0.15, -0.1) is 6.58 Å². The maximum atomic E-state index is 5.63. The van der Waals surface area contributed by atoms with Gasteiger partial charge in [0, 0.05) is 6.61 Å². The van der Waals surface area contributed by atoms with Gasteiger partial charge in [0.2, 0.25) is 0 Å². The first-order chi connectivity index (χ1) is 10.4. The second-order valence-electron chi connectivity index (χ2n) is 7.05. The molecule has 0 aliphatic heterocycles. The number of hydrogen-bond donors (Lipinski definition) is 0. The van der Waals surface area contributed by atoms with Gasteiger partial charge in [0.15, 0.2) is 0 Å². The van der Waals surface area contributed by atoms with Crippen LogP contribution in [0.5, 0.6) is 0 Å². The molecule has 1 atom stereocenters. The Morgan fingerprint density at radius 3 is 2.32 bits per heavy atom. The summed E-state index contributed by atoms with van der Waals surface area (Å²) in [7, 11) is 0. The minimum atomic E-state index is 0.282. The lowest BCUT2D eigenvalue weighted by atomic mass is 9.71. The fraction of sp³-hybridized carbons (Fsp3) is 0.619. The fourth-order valence-electron chi connectivity index (χ4n) is 2.72. The Bertz CT molecular complexity index is 443. The van der Waals surface area contributed by atoms with Crippen LogP contribution in [0.2, 0.25) is 0 Å². The molecule has 0 bridgehead atoms. The van der Waals surface area contributed by atoms with Gasteiger partial charge in [0.05, 0.1) is 6.61 Å². The molecule has 0 N–H and O–H groups in total. The van der Waals surface area contributed by atoms with Crippen molar-refractivity contribution in [2.75, 3.05) is 13.2 Å². The van der Waals surface area contributed by atoms with Gasteiger partial charge in [-0.25, -0.2) is 0 Å². The van der Waals surface area contributed by atoms with Crippen molar-refractivity contribution in [3.05, 3.63) is 47.5 Å². The molecule has 0 fully saturated rings. The van der Waals surface area contributed by atoms with Crippen LogP contribution in [0.4, 0.5) is 0 Å². The highest BCUT2D eigenvalue weighted by Crippen LogP contribution is 2.35. The average Bonchev–Trinajstić information content (AvgIpc) is 2.50. The average molecular weight is 303 g/mol. The number of ether oxygens (including phenoxy) is 1. The van der Waals surface area contributed by atoms with E-state index in [9.17, 15) is 0 Å². The summed E-state index contributed by atoms with van der Waals surface area (Å²) in [4.78, 5) is 0. The molecule has 0 aliphatic carbocycles. The molecule has 0 aromatic heterocycles. The molecule has 124 valence electrons. The summed E-state index contributed by atoms with van der Waals surface area (Å²) < 4.78 is 5.63. The highest BCUT2D eigenvalue weighted by molar-refractivity contribution is 5.29. The minimum Gasteiger partial charge on any atom is -0.381 e. The topological polar surface area (TPSA) is 9.23 Å². The van der Waals surface area contributed by atoms with Crippen LogP contribution in [0.25, 0.3) is 0 Å². The van der Waals surface area contributed by atoms with Crippen LogP contribution in [0.3, 0.4) is 0 Å². The second-order valence-corrected chi connectivity index (χ2v) is 7.05. The van der Waals surface area contributed by atoms with E-state index in [4.69, 9.17) is 4.74 Å². The maximum absolute atomic E-state index is 5.63. The Balaban J connectivity index is 2.44. The smallest absolute Gasteiger partial charge is 0.0502 e. The van der Waals surface area contributed by atoms with Crippen molar-refractivity contribution in [3.8, 4) is 0 Å². The Morgan fingerprint density at radius 1 is 1.18 bits per heavy atom. The molecule has 22 heavy (non-hydrogen) atoms. The predicted molar refractivity (Wildman–Crippen MR) is 97.5 cm³/mol. The van der Waals surface area contributed by atoms with Crippen molar-refractivity contribution in [1.82, 2.24) is 0 Å². The van der Waals surface area contributed by atoms with Crippen molar-refractivity contribution in [2.24, 2.45) is 5.92 Å². The highest BCUT2D eigenvalue weighted by Gasteiger charge is 2.27. The quantitative estimate of drug-likeness (QED) is 0.385. The maximum Gasteiger partial charge on any atom is 0.0502 e. The van der Waals surface area contributed by atoms with Crippen LogP contribution < -0.4 is 0 Å². The lowest BCUT2D eigenvalue weighted by Gasteiger charge is -2.33. The third-order valence-corrected chi connectivity index (χ3v) is 5.05. The zero-order valence-corrected chi connectivity index (χ0v) is 15.2. The van der Waals surface area contributed by atoms with Crippen LogP contribution in [-0.2, 0) is 16.6 Å². The van der Waals surface area contributed by atoms with Crippen molar-refractivity contribution in [2.45, 2.75) is 65.7 Å². The van der Waals surface area contributed by atoms with Gasteiger partial charge >= 0.3 is 0 Å². The largest absolute Gasteiger partial charge is 0.381 e. The third-order valence-electron chi connectivity index (χ3n) is 5.05. The molecule has 1 nitrogen and oxygen atoms in total. The number of hydrogen-bond acceptors (Lipinski definition) is 1. The molecule has 0 saturated heterocycles. The van der Waals surface area contributed by atoms with Crippen LogP contribution >= 0.6 is 0 Å². The van der Waals surface area contributed by atoms with Crippen molar-refractivity contribution < 1.29 is 4.74 Å². The van der Waals surface area contributed by atoms with Gasteiger partial charge in [-0.3, -0.25) is 0 Å². The molecule has 0 amide bonds. The van der Waals surface area contributed by atoms with Gasteiger partial charge in [0.25, 0.3) is 0 Å². The van der Waals surface area contributed by atoms with E-state index >= 15 is 0 Å². The summed E-state index contributed by atoms with van der Waals surface area (Å²) in [5.41, 5.74) is 4.35. The second kappa shape index (κ2) is 9.15. The van der Waals surface area contributed by atoms with Gasteiger partial charge < -0.3 is 4.74 Å². The molecular weight excluding hydrogens is 268 g/mol. The van der Waals surface area contributed by atoms with E-state index in [2.05, 4.69) is 58.5 Å². The van der Waals surface area contributed by atoms with Crippen molar-refractivity contribution >= 4 is 0 Å². The van der Waals surface area contributed by atoms with Gasteiger partial charge in [-0.1, -0.05) is 57.5 Å². The first kappa shape index (κ1) is 19.0. The van der Waals surface area contributed by atoms with Gasteiger partial charge in [0.1, 0.15) is 0 Å². The van der Waals surface area contributed by atoms with Crippen molar-refractivity contribution in [1.29, 1.82) is 0 Å². The summed E-state index contributed by atoms with van der Waals surface area (Å²) in [6.07, 6.45) is 4.34. The monoisotopic (exact) mass is 302 g/mol. The van der Waals surface area contributed by atoms with Crippen molar-refractivity contribution in [3.63, 3.8) is 0 Å². The van der Waals surface area contributed by atoms with E-state index in [1.807, 2.05) is 6.92 Å². The molecule has 1 rings (SSSR count). The SMILES string of the molecule is C=C(C)CCOCCCc1ccc(C(C)(CC)C(C)C)cc1. The molecule has 0 radical (unpaired) electrons. The van der Waals surface area contributed by atoms with Crippen LogP contribution in [0.1, 0.15) is 65.0 Å². The first-order valence-corrected chi connectivity index (χ1v) is 8.71. The summed E-state index contributed by atoms with van der Waals surface area (Å²) in [6, 6.07) is 9.22. The Hall–Kier alpha value is -1.08. The molecule has 1 aromatic rings. The van der Waals surface area contributed by atoms with Crippen LogP contribution in [-0.4, -0.2) is 13.2 Å². The lowest BCUT2D eigenvalue weighted by molar-refractivity contribution is 0.135. The Morgan fingerprint density at radius 2 is 1.82 bits per heavy atom. The summed E-state index contributed by atoms with van der Waals surface area (Å²) in [5.74, 6) is 0.657. The molecule has 1 heteroatoms. The first-order valence-electron chi connectivity index (χ1n) is 8.71. The molecule has 1 aromatic carbocycles. The van der Waals surface area contributed by atoms with E-state index in [1.165, 1.54) is 23.1 Å². The Labute approximate surface area is 137 Å². The van der Waals surface area contributed by atoms with E-state index in [0.717, 1.165) is 32.5 Å². The highest BCUT2D eigenvalue weighted by atomic mass is 16.5. The molecule has 1 unspecified atom stereocenters. The summed E-state index contributed by atoms with van der Waals surface area (Å²) in [6.45, 7) is 16.9. The zero-order chi connectivity index (χ0) is 16.6. The van der Waals surface area contributed by atoms with E-state index in [-0.39, 0.29) is 5.41 Å². The number of benzene rings is 1. The van der Waals surface area contributed by atoms with E-state index < -0.39 is 0 Å². The van der Waals surface area contributed by atoms with E-state index in [1.54, 1.807) is 0 Å². The standard InChI is InChI=1S/C21H34O/c1-7-21(6,18(4)5)20-12-10-19(11-13-20)9-8-15-22-16-14-17(2)3/h10-13,18H,2,7-9,14-16H2,1,3-6H3. The van der Waals surface area contributed by atoms with Gasteiger partial charge in [-0.05, 0) is 55.1 Å². The fourth-order valence-corrected chi connectivity index (χ4v) is 2.72. The molecule has 0 heterocycles. The number of rotatable bonds is 10. The van der Waals surface area contributed by atoms with Crippen LogP contribution in [0, 0.1) is 5.92 Å². The number of aryl methyl sites for hydroxylation is 1. The summed E-state index contributed by atoms with van der Waals surface area (Å²) in [5, 5.41) is 0. The molecule has 0 saturated carbocycles. The lowest BCUT2D eigenvalue weighted by Crippen LogP contribution is -2.27. The zero-order valence-electron chi connectivity index (χ0n) is 15.2. The van der Waals surface area contributed by atoms with E-state index in [0.29, 0.717) is 5.92 Å². The summed E-state index contributed by atoms with van der Waals surface area (Å²) >= 11 is 0. The normalized spacial score (nSPS) is 14.1. The van der Waals surface area contributed by atoms with Gasteiger partial charge in [-0.2, -0.15) is 0 Å². The third kappa shape index (κ3) is 5.61. The molecule has 0 aliphatic rings. The molecule has 0 spiro atoms. The molecular formula is C21H34O. The predicted octanol–water partition coefficient (Wildman–Crippen LogP) is 5.93. The Kier molecular flexibility index (Phi) is 7.89. The van der Waals surface area contributed by atoms with Crippen LogP contribution in [0.15, 0.2) is 36.4 Å². The minimum absolute atomic E-state index is 0.282.